The van der Waals surface area contributed by atoms with Crippen molar-refractivity contribution in [3.05, 3.63) is 21.9 Å². The third-order valence-corrected chi connectivity index (χ3v) is 3.99. The summed E-state index contributed by atoms with van der Waals surface area (Å²) in [5.41, 5.74) is 0.124. The quantitative estimate of drug-likeness (QED) is 0.865. The molecule has 0 aliphatic rings. The van der Waals surface area contributed by atoms with Crippen LogP contribution < -0.4 is 5.32 Å². The number of aryl methyl sites for hydroxylation is 1. The van der Waals surface area contributed by atoms with Crippen molar-refractivity contribution >= 4 is 11.3 Å². The van der Waals surface area contributed by atoms with E-state index in [1.165, 1.54) is 9.75 Å². The van der Waals surface area contributed by atoms with Crippen LogP contribution in [-0.2, 0) is 4.74 Å². The molecular formula is C14H25NOS. The molecule has 17 heavy (non-hydrogen) atoms. The minimum atomic E-state index is 0.124. The van der Waals surface area contributed by atoms with E-state index in [0.29, 0.717) is 0 Å². The van der Waals surface area contributed by atoms with Gasteiger partial charge >= 0.3 is 0 Å². The Bertz CT molecular complexity index is 340. The molecule has 0 radical (unpaired) electrons. The number of ether oxygens (including phenoxy) is 1. The number of hydrogen-bond donors (Lipinski definition) is 1. The van der Waals surface area contributed by atoms with Crippen molar-refractivity contribution in [2.75, 3.05) is 13.7 Å². The maximum Gasteiger partial charge on any atom is 0.0822 e. The number of hydrogen-bond acceptors (Lipinski definition) is 3. The summed E-state index contributed by atoms with van der Waals surface area (Å²) in [5.74, 6) is 0. The Hall–Kier alpha value is -0.380. The second kappa shape index (κ2) is 5.98. The van der Waals surface area contributed by atoms with E-state index in [4.69, 9.17) is 4.74 Å². The first-order chi connectivity index (χ1) is 7.90. The summed E-state index contributed by atoms with van der Waals surface area (Å²) in [4.78, 5) is 2.72. The topological polar surface area (TPSA) is 21.3 Å². The van der Waals surface area contributed by atoms with Gasteiger partial charge in [-0.2, -0.15) is 0 Å². The molecule has 0 bridgehead atoms. The molecule has 1 aromatic rings. The van der Waals surface area contributed by atoms with Gasteiger partial charge in [0, 0.05) is 16.9 Å². The van der Waals surface area contributed by atoms with Gasteiger partial charge in [-0.3, -0.25) is 0 Å². The Morgan fingerprint density at radius 2 is 2.00 bits per heavy atom. The van der Waals surface area contributed by atoms with Crippen LogP contribution >= 0.6 is 11.3 Å². The van der Waals surface area contributed by atoms with Crippen LogP contribution in [-0.4, -0.2) is 19.8 Å². The minimum Gasteiger partial charge on any atom is -0.379 e. The molecular weight excluding hydrogens is 230 g/mol. The van der Waals surface area contributed by atoms with E-state index in [0.717, 1.165) is 6.54 Å². The van der Waals surface area contributed by atoms with Crippen LogP contribution in [0.3, 0.4) is 0 Å². The van der Waals surface area contributed by atoms with Crippen LogP contribution in [0.25, 0.3) is 0 Å². The molecule has 1 N–H and O–H groups in total. The standard InChI is InChI=1S/C14H25NOS/c1-7-15-12(11-9-8-10(2)17-11)13(16-6)14(3,4)5/h8-9,12-13,15H,7H2,1-6H3. The van der Waals surface area contributed by atoms with Crippen LogP contribution in [0.5, 0.6) is 0 Å². The zero-order chi connectivity index (χ0) is 13.1. The van der Waals surface area contributed by atoms with Crippen LogP contribution in [0.1, 0.15) is 43.5 Å². The fraction of sp³-hybridized carbons (Fsp3) is 0.714. The third-order valence-electron chi connectivity index (χ3n) is 2.90. The van der Waals surface area contributed by atoms with Crippen molar-refractivity contribution < 1.29 is 4.74 Å². The van der Waals surface area contributed by atoms with E-state index in [1.54, 1.807) is 7.11 Å². The fourth-order valence-corrected chi connectivity index (χ4v) is 3.16. The highest BCUT2D eigenvalue weighted by Gasteiger charge is 2.33. The highest BCUT2D eigenvalue weighted by Crippen LogP contribution is 2.35. The van der Waals surface area contributed by atoms with E-state index in [9.17, 15) is 0 Å². The summed E-state index contributed by atoms with van der Waals surface area (Å²) < 4.78 is 5.74. The van der Waals surface area contributed by atoms with E-state index in [1.807, 2.05) is 11.3 Å². The Morgan fingerprint density at radius 3 is 2.35 bits per heavy atom. The number of rotatable bonds is 5. The average molecular weight is 255 g/mol. The Labute approximate surface area is 109 Å². The Kier molecular flexibility index (Phi) is 5.17. The number of nitrogens with one attached hydrogen (secondary N) is 1. The van der Waals surface area contributed by atoms with Gasteiger partial charge < -0.3 is 10.1 Å². The second-order valence-electron chi connectivity index (χ2n) is 5.51. The number of methoxy groups -OCH3 is 1. The van der Waals surface area contributed by atoms with E-state index in [-0.39, 0.29) is 17.6 Å². The van der Waals surface area contributed by atoms with Gasteiger partial charge in [-0.1, -0.05) is 27.7 Å². The van der Waals surface area contributed by atoms with Gasteiger partial charge in [0.15, 0.2) is 0 Å². The summed E-state index contributed by atoms with van der Waals surface area (Å²) in [6.45, 7) is 11.9. The fourth-order valence-electron chi connectivity index (χ4n) is 2.19. The maximum atomic E-state index is 5.74. The molecule has 1 rings (SSSR count). The molecule has 0 aromatic carbocycles. The van der Waals surface area contributed by atoms with E-state index >= 15 is 0 Å². The van der Waals surface area contributed by atoms with Crippen LogP contribution in [0.4, 0.5) is 0 Å². The molecule has 0 fully saturated rings. The van der Waals surface area contributed by atoms with Gasteiger partial charge in [-0.15, -0.1) is 11.3 Å². The van der Waals surface area contributed by atoms with Gasteiger partial charge in [0.25, 0.3) is 0 Å². The molecule has 2 unspecified atom stereocenters. The van der Waals surface area contributed by atoms with Gasteiger partial charge in [-0.05, 0) is 31.0 Å². The van der Waals surface area contributed by atoms with Crippen LogP contribution in [0, 0.1) is 12.3 Å². The minimum absolute atomic E-state index is 0.124. The number of thiophene rings is 1. The van der Waals surface area contributed by atoms with Gasteiger partial charge in [0.1, 0.15) is 0 Å². The van der Waals surface area contributed by atoms with Crippen LogP contribution in [0.2, 0.25) is 0 Å². The molecule has 0 saturated heterocycles. The first-order valence-corrected chi connectivity index (χ1v) is 7.04. The first-order valence-electron chi connectivity index (χ1n) is 6.22. The van der Waals surface area contributed by atoms with Gasteiger partial charge in [0.2, 0.25) is 0 Å². The lowest BCUT2D eigenvalue weighted by Crippen LogP contribution is -2.41. The summed E-state index contributed by atoms with van der Waals surface area (Å²) in [6.07, 6.45) is 0.181. The lowest BCUT2D eigenvalue weighted by Gasteiger charge is -2.36. The molecule has 0 spiro atoms. The monoisotopic (exact) mass is 255 g/mol. The maximum absolute atomic E-state index is 5.74. The molecule has 3 heteroatoms. The smallest absolute Gasteiger partial charge is 0.0822 e. The zero-order valence-electron chi connectivity index (χ0n) is 11.8. The summed E-state index contributed by atoms with van der Waals surface area (Å²) in [7, 11) is 1.81. The van der Waals surface area contributed by atoms with E-state index < -0.39 is 0 Å². The lowest BCUT2D eigenvalue weighted by atomic mass is 9.84. The summed E-state index contributed by atoms with van der Waals surface area (Å²) in [5, 5.41) is 3.56. The van der Waals surface area contributed by atoms with Gasteiger partial charge in [-0.25, -0.2) is 0 Å². The normalized spacial score (nSPS) is 15.9. The SMILES string of the molecule is CCNC(c1ccc(C)s1)C(OC)C(C)(C)C. The average Bonchev–Trinajstić information content (AvgIpc) is 2.62. The Morgan fingerprint density at radius 1 is 1.35 bits per heavy atom. The predicted octanol–water partition coefficient (Wildman–Crippen LogP) is 3.77. The van der Waals surface area contributed by atoms with Crippen molar-refractivity contribution in [1.29, 1.82) is 0 Å². The zero-order valence-corrected chi connectivity index (χ0v) is 12.6. The van der Waals surface area contributed by atoms with E-state index in [2.05, 4.69) is 52.1 Å². The molecule has 1 heterocycles. The first kappa shape index (κ1) is 14.7. The van der Waals surface area contributed by atoms with Crippen molar-refractivity contribution in [3.8, 4) is 0 Å². The Balaban J connectivity index is 2.99. The summed E-state index contributed by atoms with van der Waals surface area (Å²) >= 11 is 1.85. The lowest BCUT2D eigenvalue weighted by molar-refractivity contribution is -0.0107. The second-order valence-corrected chi connectivity index (χ2v) is 6.83. The predicted molar refractivity (Wildman–Crippen MR) is 75.7 cm³/mol. The molecule has 0 amide bonds. The highest BCUT2D eigenvalue weighted by atomic mass is 32.1. The van der Waals surface area contributed by atoms with Crippen molar-refractivity contribution in [2.24, 2.45) is 5.41 Å². The molecule has 2 atom stereocenters. The molecule has 0 aliphatic heterocycles. The van der Waals surface area contributed by atoms with Gasteiger partial charge in [0.05, 0.1) is 12.1 Å². The summed E-state index contributed by atoms with van der Waals surface area (Å²) in [6, 6.07) is 4.67. The molecule has 0 aliphatic carbocycles. The molecule has 1 aromatic heterocycles. The van der Waals surface area contributed by atoms with Crippen molar-refractivity contribution in [2.45, 2.75) is 46.8 Å². The number of likely N-dealkylation sites (N-methyl/N-ethyl adjacent to an activating group) is 1. The highest BCUT2D eigenvalue weighted by molar-refractivity contribution is 7.12. The van der Waals surface area contributed by atoms with Crippen molar-refractivity contribution in [1.82, 2.24) is 5.32 Å². The molecule has 0 saturated carbocycles. The van der Waals surface area contributed by atoms with Crippen LogP contribution in [0.15, 0.2) is 12.1 Å². The molecule has 2 nitrogen and oxygen atoms in total. The molecule has 98 valence electrons. The largest absolute Gasteiger partial charge is 0.379 e. The van der Waals surface area contributed by atoms with Crippen molar-refractivity contribution in [3.63, 3.8) is 0 Å². The third kappa shape index (κ3) is 3.80.